The maximum absolute atomic E-state index is 14.7. The van der Waals surface area contributed by atoms with Crippen LogP contribution in [0.1, 0.15) is 41.5 Å². The number of ether oxygens (including phenoxy) is 1. The smallest absolute Gasteiger partial charge is 0.322 e. The number of amides is 2. The second-order valence-corrected chi connectivity index (χ2v) is 8.44. The van der Waals surface area contributed by atoms with Crippen LogP contribution in [0.3, 0.4) is 0 Å². The Labute approximate surface area is 163 Å². The molecule has 5 rings (SSSR count). The lowest BCUT2D eigenvalue weighted by molar-refractivity contribution is 0.225. The van der Waals surface area contributed by atoms with Crippen LogP contribution < -0.4 is 10.1 Å². The van der Waals surface area contributed by atoms with Gasteiger partial charge in [-0.3, -0.25) is 0 Å². The van der Waals surface area contributed by atoms with Gasteiger partial charge in [-0.2, -0.15) is 5.10 Å². The van der Waals surface area contributed by atoms with Gasteiger partial charge in [0.05, 0.1) is 6.61 Å². The van der Waals surface area contributed by atoms with Crippen LogP contribution in [0.5, 0.6) is 5.88 Å². The zero-order chi connectivity index (χ0) is 19.3. The molecule has 2 aliphatic carbocycles. The Morgan fingerprint density at radius 2 is 1.82 bits per heavy atom. The Balaban J connectivity index is 1.46. The summed E-state index contributed by atoms with van der Waals surface area (Å²) < 4.78 is 38.3. The Kier molecular flexibility index (Phi) is 4.34. The molecule has 0 saturated carbocycles. The first-order valence-corrected chi connectivity index (χ1v) is 10.7. The number of halogens is 1. The second-order valence-electron chi connectivity index (χ2n) is 7.32. The van der Waals surface area contributed by atoms with Crippen LogP contribution in [0, 0.1) is 5.82 Å². The van der Waals surface area contributed by atoms with E-state index < -0.39 is 16.6 Å². The number of nitrogens with zero attached hydrogens (tertiary/aromatic N) is 3. The molecule has 0 unspecified atom stereocenters. The number of carbonyl (C=O) groups is 1. The van der Waals surface area contributed by atoms with Gasteiger partial charge in [0.25, 0.3) is 0 Å². The number of aromatic nitrogens is 2. The molecule has 1 aromatic carbocycles. The molecule has 1 N–H and O–H groups in total. The summed E-state index contributed by atoms with van der Waals surface area (Å²) in [7, 11) is -1.92. The summed E-state index contributed by atoms with van der Waals surface area (Å²) in [4.78, 5) is 12.8. The minimum atomic E-state index is -1.92. The number of carbonyl (C=O) groups excluding carboxylic acids is 1. The van der Waals surface area contributed by atoms with E-state index in [2.05, 4.69) is 14.8 Å². The fourth-order valence-corrected chi connectivity index (χ4v) is 5.20. The van der Waals surface area contributed by atoms with Gasteiger partial charge in [0, 0.05) is 24.8 Å². The molecule has 0 spiro atoms. The molecular formula is C19H20FN4O3S-. The van der Waals surface area contributed by atoms with Crippen molar-refractivity contribution in [2.45, 2.75) is 56.4 Å². The van der Waals surface area contributed by atoms with Crippen LogP contribution in [0.4, 0.5) is 14.9 Å². The van der Waals surface area contributed by atoms with Gasteiger partial charge < -0.3 is 18.6 Å². The lowest BCUT2D eigenvalue weighted by atomic mass is 9.98. The number of hydrogen-bond donors (Lipinski definition) is 1. The van der Waals surface area contributed by atoms with Crippen molar-refractivity contribution in [1.29, 1.82) is 0 Å². The summed E-state index contributed by atoms with van der Waals surface area (Å²) in [5, 5.41) is 6.95. The zero-order valence-corrected chi connectivity index (χ0v) is 16.1. The summed E-state index contributed by atoms with van der Waals surface area (Å²) in [5.41, 5.74) is 3.87. The standard InChI is InChI=1S/C19H20FN4O3S/c20-16-11-4-1-6-13(11)17(14-7-2-5-12(14)16)22-19(25)23-28(26)15-10-21-24-8-3-9-27-18(15)24/h10H,1-9H2,(H,22,25)/q-1. The largest absolute Gasteiger partial charge is 0.479 e. The summed E-state index contributed by atoms with van der Waals surface area (Å²) in [6.45, 7) is 1.21. The molecule has 2 heterocycles. The van der Waals surface area contributed by atoms with Gasteiger partial charge in [0.15, 0.2) is 5.88 Å². The van der Waals surface area contributed by atoms with Gasteiger partial charge in [0.2, 0.25) is 0 Å². The van der Waals surface area contributed by atoms with Gasteiger partial charge in [-0.25, -0.2) is 13.9 Å². The highest BCUT2D eigenvalue weighted by Crippen LogP contribution is 2.41. The van der Waals surface area contributed by atoms with Crippen LogP contribution in [-0.2, 0) is 47.0 Å². The van der Waals surface area contributed by atoms with Gasteiger partial charge in [-0.1, -0.05) is 0 Å². The van der Waals surface area contributed by atoms with Crippen LogP contribution in [0.25, 0.3) is 0 Å². The molecule has 7 nitrogen and oxygen atoms in total. The van der Waals surface area contributed by atoms with Crippen molar-refractivity contribution >= 4 is 22.3 Å². The highest BCUT2D eigenvalue weighted by atomic mass is 32.2. The van der Waals surface area contributed by atoms with Crippen molar-refractivity contribution in [3.05, 3.63) is 34.3 Å². The average molecular weight is 403 g/mol. The van der Waals surface area contributed by atoms with E-state index >= 15 is 0 Å². The number of anilines is 1. The summed E-state index contributed by atoms with van der Waals surface area (Å²) in [6.07, 6.45) is 6.88. The fourth-order valence-electron chi connectivity index (χ4n) is 4.46. The molecule has 9 heteroatoms. The molecule has 0 fully saturated rings. The van der Waals surface area contributed by atoms with Crippen LogP contribution in [0.15, 0.2) is 15.5 Å². The summed E-state index contributed by atoms with van der Waals surface area (Å²) in [5.74, 6) is 0.312. The van der Waals surface area contributed by atoms with E-state index in [0.717, 1.165) is 54.4 Å². The second kappa shape index (κ2) is 6.88. The molecule has 0 radical (unpaired) electrons. The normalized spacial score (nSPS) is 18.3. The van der Waals surface area contributed by atoms with Crippen molar-refractivity contribution < 1.29 is 18.1 Å². The Bertz CT molecular complexity index is 1040. The van der Waals surface area contributed by atoms with Crippen LogP contribution in [-0.4, -0.2) is 22.4 Å². The number of benzene rings is 1. The van der Waals surface area contributed by atoms with Crippen molar-refractivity contribution in [2.24, 2.45) is 4.36 Å². The van der Waals surface area contributed by atoms with Crippen molar-refractivity contribution in [2.75, 3.05) is 11.9 Å². The average Bonchev–Trinajstić information content (AvgIpc) is 3.44. The van der Waals surface area contributed by atoms with Crippen LogP contribution in [0.2, 0.25) is 0 Å². The molecule has 1 aliphatic heterocycles. The molecule has 1 aromatic heterocycles. The van der Waals surface area contributed by atoms with E-state index in [-0.39, 0.29) is 5.82 Å². The third kappa shape index (κ3) is 2.80. The molecule has 2 amide bonds. The molecule has 0 atom stereocenters. The maximum atomic E-state index is 14.7. The first-order valence-electron chi connectivity index (χ1n) is 9.61. The van der Waals surface area contributed by atoms with E-state index in [1.807, 2.05) is 0 Å². The lowest BCUT2D eigenvalue weighted by Gasteiger charge is -2.18. The maximum Gasteiger partial charge on any atom is 0.322 e. The predicted molar refractivity (Wildman–Crippen MR) is 101 cm³/mol. The molecular weight excluding hydrogens is 383 g/mol. The summed E-state index contributed by atoms with van der Waals surface area (Å²) in [6, 6.07) is -0.691. The number of nitrogens with one attached hydrogen (secondary N) is 1. The van der Waals surface area contributed by atoms with Crippen molar-refractivity contribution in [3.63, 3.8) is 0 Å². The first kappa shape index (κ1) is 17.7. The van der Waals surface area contributed by atoms with Gasteiger partial charge in [-0.15, -0.1) is 10.6 Å². The molecule has 3 aliphatic rings. The number of urea groups is 1. The molecule has 0 bridgehead atoms. The topological polar surface area (TPSA) is 85.6 Å². The zero-order valence-electron chi connectivity index (χ0n) is 15.3. The van der Waals surface area contributed by atoms with E-state index in [0.29, 0.717) is 42.5 Å². The quantitative estimate of drug-likeness (QED) is 0.778. The number of fused-ring (bicyclic) bond motifs is 3. The minimum Gasteiger partial charge on any atom is -0.479 e. The number of aryl methyl sites for hydroxylation is 1. The fraction of sp³-hybridized carbons (Fsp3) is 0.474. The monoisotopic (exact) mass is 403 g/mol. The third-order valence-electron chi connectivity index (χ3n) is 5.67. The van der Waals surface area contributed by atoms with Crippen LogP contribution >= 0.6 is 0 Å². The first-order chi connectivity index (χ1) is 13.6. The van der Waals surface area contributed by atoms with E-state index in [1.165, 1.54) is 6.20 Å². The molecule has 0 saturated heterocycles. The van der Waals surface area contributed by atoms with Gasteiger partial charge >= 0.3 is 6.03 Å². The number of hydrogen-bond acceptors (Lipinski definition) is 5. The Morgan fingerprint density at radius 1 is 1.14 bits per heavy atom. The van der Waals surface area contributed by atoms with E-state index in [1.54, 1.807) is 4.68 Å². The SMILES string of the molecule is O=C(N=[S-](=O)c1cnn2c1OCCC2)Nc1c2c(c(F)c3c1CCC3)CCC2. The Morgan fingerprint density at radius 3 is 2.54 bits per heavy atom. The summed E-state index contributed by atoms with van der Waals surface area (Å²) >= 11 is 0. The van der Waals surface area contributed by atoms with E-state index in [9.17, 15) is 13.4 Å². The highest BCUT2D eigenvalue weighted by molar-refractivity contribution is 7.75. The Hall–Kier alpha value is -2.42. The number of rotatable bonds is 2. The molecule has 148 valence electrons. The van der Waals surface area contributed by atoms with Gasteiger partial charge in [0.1, 0.15) is 5.82 Å². The van der Waals surface area contributed by atoms with E-state index in [4.69, 9.17) is 4.74 Å². The lowest BCUT2D eigenvalue weighted by Crippen LogP contribution is -2.15. The predicted octanol–water partition coefficient (Wildman–Crippen LogP) is 3.52. The van der Waals surface area contributed by atoms with Crippen molar-refractivity contribution in [1.82, 2.24) is 9.78 Å². The van der Waals surface area contributed by atoms with Gasteiger partial charge in [-0.05, 0) is 65.7 Å². The van der Waals surface area contributed by atoms with Crippen molar-refractivity contribution in [3.8, 4) is 5.88 Å². The molecule has 2 aromatic rings. The third-order valence-corrected chi connectivity index (χ3v) is 6.66. The molecule has 28 heavy (non-hydrogen) atoms. The minimum absolute atomic E-state index is 0.0952. The highest BCUT2D eigenvalue weighted by Gasteiger charge is 2.29.